The highest BCUT2D eigenvalue weighted by Gasteiger charge is 2.37. The van der Waals surface area contributed by atoms with Crippen molar-refractivity contribution in [2.75, 3.05) is 7.11 Å². The highest BCUT2D eigenvalue weighted by Crippen LogP contribution is 2.44. The predicted molar refractivity (Wildman–Crippen MR) is 161 cm³/mol. The van der Waals surface area contributed by atoms with Crippen LogP contribution in [0.3, 0.4) is 0 Å². The molecule has 0 bridgehead atoms. The van der Waals surface area contributed by atoms with Gasteiger partial charge in [0.2, 0.25) is 5.91 Å². The summed E-state index contributed by atoms with van der Waals surface area (Å²) in [5, 5.41) is 14.9. The van der Waals surface area contributed by atoms with E-state index in [0.29, 0.717) is 12.3 Å². The number of aliphatic hydroxyl groups is 1. The Bertz CT molecular complexity index is 1330. The number of carbonyl (C=O) groups excluding carboxylic acids is 1. The van der Waals surface area contributed by atoms with Gasteiger partial charge in [-0.1, -0.05) is 49.6 Å². The molecule has 212 valence electrons. The van der Waals surface area contributed by atoms with Gasteiger partial charge in [-0.15, -0.1) is 0 Å². The Morgan fingerprint density at radius 1 is 1.02 bits per heavy atom. The van der Waals surface area contributed by atoms with Gasteiger partial charge in [-0.25, -0.2) is 0 Å². The summed E-state index contributed by atoms with van der Waals surface area (Å²) in [5.41, 5.74) is 5.80. The van der Waals surface area contributed by atoms with E-state index in [0.717, 1.165) is 55.4 Å². The molecule has 3 aromatic rings. The first-order chi connectivity index (χ1) is 19.5. The van der Waals surface area contributed by atoms with Crippen LogP contribution in [-0.4, -0.2) is 28.6 Å². The molecule has 0 radical (unpaired) electrons. The molecule has 3 aliphatic rings. The Kier molecular flexibility index (Phi) is 8.27. The third kappa shape index (κ3) is 5.99. The van der Waals surface area contributed by atoms with Crippen LogP contribution in [0.1, 0.15) is 104 Å². The maximum Gasteiger partial charge on any atom is 0.223 e. The Balaban J connectivity index is 1.24. The van der Waals surface area contributed by atoms with Crippen molar-refractivity contribution in [2.45, 2.75) is 95.1 Å². The number of benzene rings is 2. The van der Waals surface area contributed by atoms with Crippen LogP contribution in [-0.2, 0) is 4.79 Å². The molecule has 0 spiro atoms. The molecule has 0 aliphatic heterocycles. The highest BCUT2D eigenvalue weighted by molar-refractivity contribution is 7.09. The molecule has 3 saturated carbocycles. The molecule has 6 rings (SSSR count). The third-order valence-electron chi connectivity index (χ3n) is 9.50. The largest absolute Gasteiger partial charge is 0.496 e. The molecule has 1 heterocycles. The Morgan fingerprint density at radius 2 is 1.85 bits per heavy atom. The molecule has 6 heteroatoms. The lowest BCUT2D eigenvalue weighted by atomic mass is 9.72. The maximum atomic E-state index is 13.5. The fourth-order valence-electron chi connectivity index (χ4n) is 6.99. The highest BCUT2D eigenvalue weighted by atomic mass is 32.1. The SMILES string of the molecule is COc1ccc(C2CCC(C(NC(=O)C3CCCCC3)c3cccc(-c4cc(C5CC5)ns4)c3)CC2O)cc1C. The first-order valence-electron chi connectivity index (χ1n) is 15.2. The normalized spacial score (nSPS) is 24.4. The van der Waals surface area contributed by atoms with Gasteiger partial charge in [0.25, 0.3) is 0 Å². The molecule has 4 atom stereocenters. The second-order valence-electron chi connectivity index (χ2n) is 12.3. The summed E-state index contributed by atoms with van der Waals surface area (Å²) in [6.45, 7) is 2.06. The van der Waals surface area contributed by atoms with E-state index in [9.17, 15) is 9.90 Å². The minimum Gasteiger partial charge on any atom is -0.496 e. The predicted octanol–water partition coefficient (Wildman–Crippen LogP) is 7.69. The maximum absolute atomic E-state index is 13.5. The van der Waals surface area contributed by atoms with Crippen molar-refractivity contribution < 1.29 is 14.6 Å². The number of rotatable bonds is 8. The summed E-state index contributed by atoms with van der Waals surface area (Å²) in [4.78, 5) is 14.7. The van der Waals surface area contributed by atoms with Gasteiger partial charge >= 0.3 is 0 Å². The lowest BCUT2D eigenvalue weighted by Gasteiger charge is -2.38. The van der Waals surface area contributed by atoms with E-state index in [-0.39, 0.29) is 29.7 Å². The molecule has 3 aliphatic carbocycles. The average molecular weight is 559 g/mol. The molecule has 5 nitrogen and oxygen atoms in total. The number of nitrogens with one attached hydrogen (secondary N) is 1. The quantitative estimate of drug-likeness (QED) is 0.297. The summed E-state index contributed by atoms with van der Waals surface area (Å²) in [5.74, 6) is 2.08. The molecule has 0 saturated heterocycles. The monoisotopic (exact) mass is 558 g/mol. The molecule has 1 amide bonds. The molecule has 4 unspecified atom stereocenters. The fraction of sp³-hybridized carbons (Fsp3) is 0.529. The fourth-order valence-corrected chi connectivity index (χ4v) is 7.80. The minimum absolute atomic E-state index is 0.0972. The summed E-state index contributed by atoms with van der Waals surface area (Å²) in [7, 11) is 1.69. The Hall–Kier alpha value is -2.70. The minimum atomic E-state index is -0.452. The molecule has 2 aromatic carbocycles. The van der Waals surface area contributed by atoms with Gasteiger partial charge in [-0.2, -0.15) is 4.37 Å². The number of aryl methyl sites for hydroxylation is 1. The van der Waals surface area contributed by atoms with Crippen molar-refractivity contribution >= 4 is 17.4 Å². The number of ether oxygens (including phenoxy) is 1. The number of carbonyl (C=O) groups is 1. The van der Waals surface area contributed by atoms with Gasteiger partial charge in [-0.3, -0.25) is 4.79 Å². The molecule has 3 fully saturated rings. The van der Waals surface area contributed by atoms with E-state index < -0.39 is 6.10 Å². The van der Waals surface area contributed by atoms with Crippen molar-refractivity contribution in [3.8, 4) is 16.2 Å². The van der Waals surface area contributed by atoms with Gasteiger partial charge < -0.3 is 15.2 Å². The second kappa shape index (κ2) is 12.0. The molecular formula is C34H42N2O3S. The zero-order valence-corrected chi connectivity index (χ0v) is 24.6. The average Bonchev–Trinajstić information content (AvgIpc) is 3.72. The molecule has 40 heavy (non-hydrogen) atoms. The Labute approximate surface area is 242 Å². The molecular weight excluding hydrogens is 516 g/mol. The van der Waals surface area contributed by atoms with E-state index in [1.807, 2.05) is 6.07 Å². The zero-order valence-electron chi connectivity index (χ0n) is 23.8. The van der Waals surface area contributed by atoms with Gasteiger partial charge in [-0.05, 0) is 110 Å². The van der Waals surface area contributed by atoms with E-state index in [2.05, 4.69) is 54.7 Å². The van der Waals surface area contributed by atoms with Crippen LogP contribution in [0.25, 0.3) is 10.4 Å². The van der Waals surface area contributed by atoms with Crippen LogP contribution < -0.4 is 10.1 Å². The summed E-state index contributed by atoms with van der Waals surface area (Å²) in [6, 6.07) is 17.1. The first kappa shape index (κ1) is 27.5. The number of methoxy groups -OCH3 is 1. The van der Waals surface area contributed by atoms with E-state index in [1.165, 1.54) is 41.0 Å². The van der Waals surface area contributed by atoms with Crippen molar-refractivity contribution in [1.29, 1.82) is 0 Å². The second-order valence-corrected chi connectivity index (χ2v) is 13.1. The number of hydrogen-bond donors (Lipinski definition) is 2. The van der Waals surface area contributed by atoms with Crippen LogP contribution in [0.2, 0.25) is 0 Å². The van der Waals surface area contributed by atoms with Crippen LogP contribution in [0, 0.1) is 18.8 Å². The molecule has 1 aromatic heterocycles. The standard InChI is InChI=1S/C34H42N2O3S/c1-21-17-24(14-16-31(21)39-2)28-15-13-27(19-30(28)37)33(35-34(38)23-7-4-3-5-8-23)26-10-6-9-25(18-26)32-20-29(36-40-32)22-11-12-22/h6,9-10,14,16-18,20,22-23,27-28,30,33,37H,3-5,7-8,11-13,15,19H2,1-2H3,(H,35,38). The van der Waals surface area contributed by atoms with Crippen LogP contribution in [0.4, 0.5) is 0 Å². The number of hydrogen-bond acceptors (Lipinski definition) is 5. The van der Waals surface area contributed by atoms with Crippen LogP contribution in [0.15, 0.2) is 48.5 Å². The number of aliphatic hydroxyl groups excluding tert-OH is 1. The number of aromatic nitrogens is 1. The lowest BCUT2D eigenvalue weighted by molar-refractivity contribution is -0.127. The smallest absolute Gasteiger partial charge is 0.223 e. The lowest BCUT2D eigenvalue weighted by Crippen LogP contribution is -2.41. The van der Waals surface area contributed by atoms with Gasteiger partial charge in [0.1, 0.15) is 5.75 Å². The van der Waals surface area contributed by atoms with E-state index in [4.69, 9.17) is 9.11 Å². The van der Waals surface area contributed by atoms with Gasteiger partial charge in [0.05, 0.1) is 29.8 Å². The topological polar surface area (TPSA) is 71.5 Å². The first-order valence-corrected chi connectivity index (χ1v) is 16.0. The number of nitrogens with zero attached hydrogens (tertiary/aromatic N) is 1. The van der Waals surface area contributed by atoms with E-state index in [1.54, 1.807) is 18.6 Å². The van der Waals surface area contributed by atoms with E-state index >= 15 is 0 Å². The van der Waals surface area contributed by atoms with Crippen LogP contribution >= 0.6 is 11.5 Å². The number of amides is 1. The van der Waals surface area contributed by atoms with Crippen molar-refractivity contribution in [1.82, 2.24) is 9.69 Å². The summed E-state index contributed by atoms with van der Waals surface area (Å²) >= 11 is 1.58. The summed E-state index contributed by atoms with van der Waals surface area (Å²) < 4.78 is 10.2. The van der Waals surface area contributed by atoms with Crippen LogP contribution in [0.5, 0.6) is 5.75 Å². The van der Waals surface area contributed by atoms with Crippen molar-refractivity contribution in [3.05, 3.63) is 70.9 Å². The van der Waals surface area contributed by atoms with Gasteiger partial charge in [0.15, 0.2) is 0 Å². The van der Waals surface area contributed by atoms with Gasteiger partial charge in [0, 0.05) is 17.8 Å². The molecule has 2 N–H and O–H groups in total. The third-order valence-corrected chi connectivity index (χ3v) is 10.4. The summed E-state index contributed by atoms with van der Waals surface area (Å²) in [6.07, 6.45) is 10.0. The Morgan fingerprint density at radius 3 is 2.58 bits per heavy atom. The van der Waals surface area contributed by atoms with Crippen molar-refractivity contribution in [3.63, 3.8) is 0 Å². The van der Waals surface area contributed by atoms with Crippen molar-refractivity contribution in [2.24, 2.45) is 11.8 Å². The zero-order chi connectivity index (χ0) is 27.6.